The first-order valence-corrected chi connectivity index (χ1v) is 6.41. The van der Waals surface area contributed by atoms with Crippen LogP contribution in [-0.2, 0) is 11.3 Å². The molecule has 0 radical (unpaired) electrons. The highest BCUT2D eigenvalue weighted by Crippen LogP contribution is 2.23. The van der Waals surface area contributed by atoms with E-state index >= 15 is 0 Å². The lowest BCUT2D eigenvalue weighted by Gasteiger charge is -2.08. The minimum absolute atomic E-state index is 0.567. The second kappa shape index (κ2) is 7.61. The molecule has 1 heterocycles. The highest BCUT2D eigenvalue weighted by atomic mass is 79.9. The molecule has 0 aromatic carbocycles. The van der Waals surface area contributed by atoms with Gasteiger partial charge in [0.15, 0.2) is 0 Å². The third kappa shape index (κ3) is 4.48. The van der Waals surface area contributed by atoms with Gasteiger partial charge in [-0.25, -0.2) is 10.8 Å². The van der Waals surface area contributed by atoms with E-state index in [9.17, 15) is 0 Å². The van der Waals surface area contributed by atoms with Crippen molar-refractivity contribution >= 4 is 33.2 Å². The van der Waals surface area contributed by atoms with Gasteiger partial charge >= 0.3 is 0 Å². The van der Waals surface area contributed by atoms with Crippen molar-refractivity contribution < 1.29 is 4.74 Å². The van der Waals surface area contributed by atoms with Gasteiger partial charge in [-0.15, -0.1) is 11.3 Å². The zero-order valence-corrected chi connectivity index (χ0v) is 11.4. The third-order valence-corrected chi connectivity index (χ3v) is 3.72. The van der Waals surface area contributed by atoms with Crippen LogP contribution in [0.3, 0.4) is 0 Å². The lowest BCUT2D eigenvalue weighted by atomic mass is 10.5. The Morgan fingerprint density at radius 3 is 3.06 bits per heavy atom. The molecule has 0 aliphatic rings. The van der Waals surface area contributed by atoms with Crippen LogP contribution in [0.15, 0.2) is 20.9 Å². The number of rotatable bonds is 5. The standard InChI is InChI=1S/C9H15BrN4OS/c1-15-4-3-12-9(14-11)13-6-8-7(10)2-5-16-8/h2,5H,3-4,6,11H2,1H3,(H2,12,13,14). The first-order valence-electron chi connectivity index (χ1n) is 4.73. The molecular formula is C9H15BrN4OS. The molecule has 0 aliphatic heterocycles. The number of nitrogens with zero attached hydrogens (tertiary/aromatic N) is 1. The molecule has 0 amide bonds. The Morgan fingerprint density at radius 2 is 2.50 bits per heavy atom. The molecule has 0 atom stereocenters. The molecule has 0 aliphatic carbocycles. The number of methoxy groups -OCH3 is 1. The van der Waals surface area contributed by atoms with Crippen LogP contribution in [0.25, 0.3) is 0 Å². The van der Waals surface area contributed by atoms with Gasteiger partial charge in [-0.3, -0.25) is 5.43 Å². The normalized spacial score (nSPS) is 11.6. The average molecular weight is 307 g/mol. The number of ether oxygens (including phenoxy) is 1. The summed E-state index contributed by atoms with van der Waals surface area (Å²) in [6.45, 7) is 1.88. The molecule has 1 aromatic rings. The zero-order chi connectivity index (χ0) is 11.8. The predicted octanol–water partition coefficient (Wildman–Crippen LogP) is 1.07. The number of guanidine groups is 1. The summed E-state index contributed by atoms with van der Waals surface area (Å²) in [6, 6.07) is 2.00. The first kappa shape index (κ1) is 13.4. The van der Waals surface area contributed by atoms with E-state index in [0.29, 0.717) is 25.7 Å². The van der Waals surface area contributed by atoms with Gasteiger partial charge in [0.05, 0.1) is 13.2 Å². The molecule has 0 unspecified atom stereocenters. The average Bonchev–Trinajstić information content (AvgIpc) is 2.69. The Labute approximate surface area is 107 Å². The Kier molecular flexibility index (Phi) is 6.39. The number of nitrogens with two attached hydrogens (primary N) is 1. The quantitative estimate of drug-likeness (QED) is 0.250. The number of thiophene rings is 1. The van der Waals surface area contributed by atoms with Crippen LogP contribution in [0.5, 0.6) is 0 Å². The molecule has 7 heteroatoms. The Morgan fingerprint density at radius 1 is 1.69 bits per heavy atom. The number of nitrogens with one attached hydrogen (secondary N) is 2. The third-order valence-electron chi connectivity index (χ3n) is 1.81. The van der Waals surface area contributed by atoms with Gasteiger partial charge in [0.2, 0.25) is 5.96 Å². The Hall–Kier alpha value is -0.630. The number of hydrogen-bond donors (Lipinski definition) is 3. The second-order valence-corrected chi connectivity index (χ2v) is 4.78. The van der Waals surface area contributed by atoms with Crippen molar-refractivity contribution in [1.82, 2.24) is 10.7 Å². The van der Waals surface area contributed by atoms with Crippen molar-refractivity contribution in [2.24, 2.45) is 10.8 Å². The monoisotopic (exact) mass is 306 g/mol. The maximum Gasteiger partial charge on any atom is 0.206 e. The second-order valence-electron chi connectivity index (χ2n) is 2.92. The highest BCUT2D eigenvalue weighted by Gasteiger charge is 2.01. The van der Waals surface area contributed by atoms with Gasteiger partial charge in [0.1, 0.15) is 0 Å². The van der Waals surface area contributed by atoms with Gasteiger partial charge in [-0.2, -0.15) is 0 Å². The molecule has 0 saturated heterocycles. The fourth-order valence-electron chi connectivity index (χ4n) is 1.01. The largest absolute Gasteiger partial charge is 0.383 e. The van der Waals surface area contributed by atoms with Gasteiger partial charge in [0, 0.05) is 23.0 Å². The molecule has 0 bridgehead atoms. The molecule has 0 saturated carbocycles. The summed E-state index contributed by atoms with van der Waals surface area (Å²) in [5, 5.41) is 5.05. The Bertz CT molecular complexity index is 342. The van der Waals surface area contributed by atoms with Crippen LogP contribution in [-0.4, -0.2) is 26.2 Å². The zero-order valence-electron chi connectivity index (χ0n) is 9.00. The van der Waals surface area contributed by atoms with Gasteiger partial charge in [-0.1, -0.05) is 0 Å². The van der Waals surface area contributed by atoms with Crippen LogP contribution >= 0.6 is 27.3 Å². The smallest absolute Gasteiger partial charge is 0.206 e. The number of hydrogen-bond acceptors (Lipinski definition) is 4. The number of aliphatic imine (C=N–C) groups is 1. The summed E-state index contributed by atoms with van der Waals surface area (Å²) in [6.07, 6.45) is 0. The fourth-order valence-corrected chi connectivity index (χ4v) is 2.41. The van der Waals surface area contributed by atoms with Crippen LogP contribution in [0, 0.1) is 0 Å². The molecule has 90 valence electrons. The summed E-state index contributed by atoms with van der Waals surface area (Å²) >= 11 is 5.11. The van der Waals surface area contributed by atoms with Gasteiger partial charge in [0.25, 0.3) is 0 Å². The van der Waals surface area contributed by atoms with E-state index in [-0.39, 0.29) is 0 Å². The summed E-state index contributed by atoms with van der Waals surface area (Å²) < 4.78 is 5.99. The molecule has 1 aromatic heterocycles. The van der Waals surface area contributed by atoms with Gasteiger partial charge < -0.3 is 10.1 Å². The van der Waals surface area contributed by atoms with Crippen LogP contribution in [0.1, 0.15) is 4.88 Å². The summed E-state index contributed by atoms with van der Waals surface area (Å²) in [7, 11) is 1.65. The van der Waals surface area contributed by atoms with Crippen LogP contribution in [0.2, 0.25) is 0 Å². The van der Waals surface area contributed by atoms with Crippen molar-refractivity contribution in [3.63, 3.8) is 0 Å². The molecule has 0 spiro atoms. The predicted molar refractivity (Wildman–Crippen MR) is 70.4 cm³/mol. The van der Waals surface area contributed by atoms with Crippen molar-refractivity contribution in [3.05, 3.63) is 20.8 Å². The van der Waals surface area contributed by atoms with Crippen LogP contribution < -0.4 is 16.6 Å². The van der Waals surface area contributed by atoms with E-state index in [1.807, 2.05) is 11.4 Å². The number of hydrazine groups is 1. The summed E-state index contributed by atoms with van der Waals surface area (Å²) in [5.74, 6) is 5.91. The van der Waals surface area contributed by atoms with E-state index in [2.05, 4.69) is 31.7 Å². The summed E-state index contributed by atoms with van der Waals surface area (Å²) in [4.78, 5) is 5.48. The van der Waals surface area contributed by atoms with E-state index in [1.54, 1.807) is 18.4 Å². The van der Waals surface area contributed by atoms with E-state index in [0.717, 1.165) is 4.47 Å². The molecule has 1 rings (SSSR count). The molecular weight excluding hydrogens is 292 g/mol. The molecule has 16 heavy (non-hydrogen) atoms. The van der Waals surface area contributed by atoms with E-state index in [4.69, 9.17) is 10.6 Å². The lowest BCUT2D eigenvalue weighted by molar-refractivity contribution is 0.203. The Balaban J connectivity index is 2.43. The molecule has 5 nitrogen and oxygen atoms in total. The molecule has 4 N–H and O–H groups in total. The minimum Gasteiger partial charge on any atom is -0.383 e. The maximum absolute atomic E-state index is 5.34. The number of halogens is 1. The summed E-state index contributed by atoms with van der Waals surface area (Å²) in [5.41, 5.74) is 2.52. The van der Waals surface area contributed by atoms with Gasteiger partial charge in [-0.05, 0) is 27.4 Å². The topological polar surface area (TPSA) is 71.7 Å². The maximum atomic E-state index is 5.34. The van der Waals surface area contributed by atoms with Crippen LogP contribution in [0.4, 0.5) is 0 Å². The van der Waals surface area contributed by atoms with Crippen molar-refractivity contribution in [1.29, 1.82) is 0 Å². The highest BCUT2D eigenvalue weighted by molar-refractivity contribution is 9.10. The fraction of sp³-hybridized carbons (Fsp3) is 0.444. The minimum atomic E-state index is 0.567. The van der Waals surface area contributed by atoms with Crippen molar-refractivity contribution in [2.45, 2.75) is 6.54 Å². The SMILES string of the molecule is COCCNC(=NCc1sccc1Br)NN. The van der Waals surface area contributed by atoms with Crippen molar-refractivity contribution in [3.8, 4) is 0 Å². The van der Waals surface area contributed by atoms with E-state index in [1.165, 1.54) is 4.88 Å². The van der Waals surface area contributed by atoms with E-state index < -0.39 is 0 Å². The molecule has 0 fully saturated rings. The van der Waals surface area contributed by atoms with Crippen molar-refractivity contribution in [2.75, 3.05) is 20.3 Å². The first-order chi connectivity index (χ1) is 7.77. The lowest BCUT2D eigenvalue weighted by Crippen LogP contribution is -2.42.